The van der Waals surface area contributed by atoms with Gasteiger partial charge in [0.05, 0.1) is 23.9 Å². The number of carbonyl (C=O) groups is 1. The van der Waals surface area contributed by atoms with E-state index in [-0.39, 0.29) is 5.69 Å². The molecule has 0 fully saturated rings. The predicted octanol–water partition coefficient (Wildman–Crippen LogP) is 1.72. The van der Waals surface area contributed by atoms with E-state index >= 15 is 0 Å². The minimum Gasteiger partial charge on any atom is -0.465 e. The number of nitrogens with one attached hydrogen (secondary N) is 2. The van der Waals surface area contributed by atoms with Gasteiger partial charge >= 0.3 is 12.1 Å². The summed E-state index contributed by atoms with van der Waals surface area (Å²) in [4.78, 5) is 11.3. The number of benzene rings is 1. The van der Waals surface area contributed by atoms with Crippen LogP contribution in [0.3, 0.4) is 0 Å². The number of amidine groups is 1. The maximum atomic E-state index is 12.9. The van der Waals surface area contributed by atoms with Crippen LogP contribution in [0.15, 0.2) is 23.3 Å². The molecule has 0 saturated carbocycles. The largest absolute Gasteiger partial charge is 0.465 e. The van der Waals surface area contributed by atoms with E-state index in [2.05, 4.69) is 15.3 Å². The fraction of sp³-hybridized carbons (Fsp3) is 0.167. The number of nitriles is 1. The Hall–Kier alpha value is -3.09. The van der Waals surface area contributed by atoms with E-state index in [9.17, 15) is 18.0 Å². The Balaban J connectivity index is 3.24. The smallest absolute Gasteiger partial charge is 0.417 e. The second kappa shape index (κ2) is 6.57. The van der Waals surface area contributed by atoms with Gasteiger partial charge in [-0.1, -0.05) is 0 Å². The normalized spacial score (nSPS) is 11.5. The highest BCUT2D eigenvalue weighted by Gasteiger charge is 2.35. The zero-order chi connectivity index (χ0) is 16.9. The van der Waals surface area contributed by atoms with Crippen molar-refractivity contribution in [2.24, 2.45) is 10.8 Å². The number of alkyl halides is 3. The van der Waals surface area contributed by atoms with Crippen LogP contribution in [0, 0.1) is 16.7 Å². The van der Waals surface area contributed by atoms with Crippen LogP contribution in [0.5, 0.6) is 0 Å². The first kappa shape index (κ1) is 17.0. The van der Waals surface area contributed by atoms with Crippen molar-refractivity contribution in [3.05, 3.63) is 29.3 Å². The third-order valence-corrected chi connectivity index (χ3v) is 2.39. The summed E-state index contributed by atoms with van der Waals surface area (Å²) in [6.45, 7) is 0. The zero-order valence-corrected chi connectivity index (χ0v) is 11.2. The minimum absolute atomic E-state index is 0.144. The number of carbonyl (C=O) groups excluding carboxylic acids is 1. The van der Waals surface area contributed by atoms with Gasteiger partial charge in [0.25, 0.3) is 0 Å². The van der Waals surface area contributed by atoms with Crippen molar-refractivity contribution < 1.29 is 22.7 Å². The van der Waals surface area contributed by atoms with E-state index in [4.69, 9.17) is 16.4 Å². The van der Waals surface area contributed by atoms with Crippen molar-refractivity contribution in [2.45, 2.75) is 6.18 Å². The molecule has 0 aliphatic heterocycles. The number of nitrogens with zero attached hydrogens (tertiary/aromatic N) is 2. The molecule has 7 nitrogen and oxygen atoms in total. The van der Waals surface area contributed by atoms with Crippen LogP contribution in [0.4, 0.5) is 18.9 Å². The van der Waals surface area contributed by atoms with Crippen LogP contribution < -0.4 is 11.2 Å². The highest BCUT2D eigenvalue weighted by atomic mass is 19.4. The highest BCUT2D eigenvalue weighted by molar-refractivity contribution is 6.45. The lowest BCUT2D eigenvalue weighted by molar-refractivity contribution is -0.138. The molecule has 4 N–H and O–H groups in total. The summed E-state index contributed by atoms with van der Waals surface area (Å²) in [5.74, 6) is -1.78. The number of hydrazone groups is 1. The molecule has 0 aliphatic carbocycles. The summed E-state index contributed by atoms with van der Waals surface area (Å²) in [5, 5.41) is 19.0. The Morgan fingerprint density at radius 2 is 2.14 bits per heavy atom. The Bertz CT molecular complexity index is 676. The van der Waals surface area contributed by atoms with Crippen LogP contribution in [-0.4, -0.2) is 24.6 Å². The Kier molecular flexibility index (Phi) is 5.07. The number of halogens is 3. The molecule has 0 atom stereocenters. The van der Waals surface area contributed by atoms with Gasteiger partial charge in [-0.15, -0.1) is 0 Å². The number of anilines is 1. The minimum atomic E-state index is -4.79. The molecule has 22 heavy (non-hydrogen) atoms. The van der Waals surface area contributed by atoms with Gasteiger partial charge in [-0.05, 0) is 18.2 Å². The maximum absolute atomic E-state index is 12.9. The SMILES string of the molecule is COC(=O)c1ccc(N/N=C(\C#N)C(=N)N)cc1C(F)(F)F. The molecule has 0 bridgehead atoms. The zero-order valence-electron chi connectivity index (χ0n) is 11.2. The fourth-order valence-electron chi connectivity index (χ4n) is 1.40. The second-order valence-corrected chi connectivity index (χ2v) is 3.85. The van der Waals surface area contributed by atoms with Crippen molar-refractivity contribution in [3.63, 3.8) is 0 Å². The molecular formula is C12H10F3N5O2. The molecule has 10 heteroatoms. The fourth-order valence-corrected chi connectivity index (χ4v) is 1.40. The van der Waals surface area contributed by atoms with Gasteiger partial charge < -0.3 is 10.5 Å². The van der Waals surface area contributed by atoms with E-state index in [0.717, 1.165) is 19.2 Å². The molecule has 0 unspecified atom stereocenters. The number of hydrogen-bond acceptors (Lipinski definition) is 6. The third kappa shape index (κ3) is 3.95. The van der Waals surface area contributed by atoms with Crippen molar-refractivity contribution in [1.29, 1.82) is 10.7 Å². The van der Waals surface area contributed by atoms with E-state index in [1.165, 1.54) is 6.07 Å². The summed E-state index contributed by atoms with van der Waals surface area (Å²) in [7, 11) is 0.963. The monoisotopic (exact) mass is 313 g/mol. The molecule has 0 aliphatic rings. The molecule has 0 amide bonds. The molecule has 0 spiro atoms. The first-order chi connectivity index (χ1) is 10.2. The topological polar surface area (TPSA) is 124 Å². The number of nitrogens with two attached hydrogens (primary N) is 1. The Labute approximate surface area is 122 Å². The number of rotatable bonds is 4. The van der Waals surface area contributed by atoms with Gasteiger partial charge in [-0.2, -0.15) is 23.5 Å². The molecular weight excluding hydrogens is 303 g/mol. The van der Waals surface area contributed by atoms with Crippen molar-refractivity contribution in [2.75, 3.05) is 12.5 Å². The summed E-state index contributed by atoms with van der Waals surface area (Å²) in [6.07, 6.45) is -4.79. The van der Waals surface area contributed by atoms with Gasteiger partial charge in [-0.25, -0.2) is 4.79 Å². The highest BCUT2D eigenvalue weighted by Crippen LogP contribution is 2.34. The number of esters is 1. The first-order valence-electron chi connectivity index (χ1n) is 5.58. The van der Waals surface area contributed by atoms with Crippen molar-refractivity contribution >= 4 is 23.2 Å². The van der Waals surface area contributed by atoms with E-state index < -0.39 is 34.8 Å². The van der Waals surface area contributed by atoms with E-state index in [0.29, 0.717) is 6.07 Å². The van der Waals surface area contributed by atoms with Crippen molar-refractivity contribution in [1.82, 2.24) is 0 Å². The lowest BCUT2D eigenvalue weighted by Crippen LogP contribution is -2.22. The number of ether oxygens (including phenoxy) is 1. The lowest BCUT2D eigenvalue weighted by atomic mass is 10.1. The molecule has 0 heterocycles. The lowest BCUT2D eigenvalue weighted by Gasteiger charge is -2.13. The summed E-state index contributed by atoms with van der Waals surface area (Å²) >= 11 is 0. The Morgan fingerprint density at radius 3 is 2.59 bits per heavy atom. The average molecular weight is 313 g/mol. The van der Waals surface area contributed by atoms with Crippen LogP contribution in [0.25, 0.3) is 0 Å². The summed E-state index contributed by atoms with van der Waals surface area (Å²) < 4.78 is 43.1. The Morgan fingerprint density at radius 1 is 1.50 bits per heavy atom. The molecule has 0 saturated heterocycles. The van der Waals surface area contributed by atoms with Gasteiger partial charge in [0.2, 0.25) is 5.71 Å². The predicted molar refractivity (Wildman–Crippen MR) is 71.4 cm³/mol. The van der Waals surface area contributed by atoms with Gasteiger partial charge in [0, 0.05) is 0 Å². The second-order valence-electron chi connectivity index (χ2n) is 3.85. The van der Waals surface area contributed by atoms with Crippen LogP contribution in [0.2, 0.25) is 0 Å². The third-order valence-electron chi connectivity index (χ3n) is 2.39. The van der Waals surface area contributed by atoms with E-state index in [1.54, 1.807) is 0 Å². The molecule has 1 aromatic rings. The van der Waals surface area contributed by atoms with Crippen LogP contribution in [-0.2, 0) is 10.9 Å². The quantitative estimate of drug-likeness (QED) is 0.338. The van der Waals surface area contributed by atoms with E-state index in [1.807, 2.05) is 0 Å². The molecule has 0 radical (unpaired) electrons. The molecule has 1 rings (SSSR count). The van der Waals surface area contributed by atoms with Gasteiger partial charge in [0.1, 0.15) is 6.07 Å². The molecule has 1 aromatic carbocycles. The average Bonchev–Trinajstić information content (AvgIpc) is 2.45. The van der Waals surface area contributed by atoms with Gasteiger partial charge in [-0.3, -0.25) is 10.8 Å². The number of hydrogen-bond donors (Lipinski definition) is 3. The summed E-state index contributed by atoms with van der Waals surface area (Å²) in [6, 6.07) is 4.17. The van der Waals surface area contributed by atoms with Crippen LogP contribution in [0.1, 0.15) is 15.9 Å². The molecule has 0 aromatic heterocycles. The maximum Gasteiger partial charge on any atom is 0.417 e. The molecule has 116 valence electrons. The van der Waals surface area contributed by atoms with Crippen molar-refractivity contribution in [3.8, 4) is 6.07 Å². The van der Waals surface area contributed by atoms with Gasteiger partial charge in [0.15, 0.2) is 5.84 Å². The summed E-state index contributed by atoms with van der Waals surface area (Å²) in [5.41, 5.74) is 4.69. The number of methoxy groups -OCH3 is 1. The standard InChI is InChI=1S/C12H10F3N5O2/c1-22-11(21)7-3-2-6(4-8(7)12(13,14)15)19-20-9(5-16)10(17)18/h2-4,19H,1H3,(H3,17,18)/b20-9+. The first-order valence-corrected chi connectivity index (χ1v) is 5.58. The van der Waals surface area contributed by atoms with Crippen LogP contribution >= 0.6 is 0 Å².